The summed E-state index contributed by atoms with van der Waals surface area (Å²) in [5, 5.41) is 8.44. The van der Waals surface area contributed by atoms with Crippen molar-refractivity contribution >= 4 is 0 Å². The van der Waals surface area contributed by atoms with Gasteiger partial charge in [0.15, 0.2) is 0 Å². The van der Waals surface area contributed by atoms with E-state index in [4.69, 9.17) is 9.15 Å². The van der Waals surface area contributed by atoms with Crippen molar-refractivity contribution < 1.29 is 9.15 Å². The molecule has 184 valence electrons. The first-order valence-corrected chi connectivity index (χ1v) is 13.4. The van der Waals surface area contributed by atoms with Crippen LogP contribution in [-0.2, 0) is 0 Å². The predicted molar refractivity (Wildman–Crippen MR) is 141 cm³/mol. The zero-order valence-electron chi connectivity index (χ0n) is 21.2. The van der Waals surface area contributed by atoms with Gasteiger partial charge in [0.05, 0.1) is 6.61 Å². The van der Waals surface area contributed by atoms with Crippen LogP contribution in [0.15, 0.2) is 52.9 Å². The van der Waals surface area contributed by atoms with Gasteiger partial charge in [0.2, 0.25) is 11.8 Å². The van der Waals surface area contributed by atoms with Gasteiger partial charge in [-0.3, -0.25) is 0 Å². The molecule has 1 heterocycles. The quantitative estimate of drug-likeness (QED) is 0.188. The van der Waals surface area contributed by atoms with Gasteiger partial charge >= 0.3 is 0 Å². The molecule has 34 heavy (non-hydrogen) atoms. The Morgan fingerprint density at radius 1 is 0.647 bits per heavy atom. The Hall–Kier alpha value is -2.62. The first-order valence-electron chi connectivity index (χ1n) is 13.4. The molecule has 0 saturated heterocycles. The van der Waals surface area contributed by atoms with Crippen LogP contribution in [0.25, 0.3) is 22.9 Å². The van der Waals surface area contributed by atoms with Crippen molar-refractivity contribution in [1.82, 2.24) is 10.2 Å². The Bertz CT molecular complexity index is 933. The van der Waals surface area contributed by atoms with Gasteiger partial charge in [0.25, 0.3) is 0 Å². The summed E-state index contributed by atoms with van der Waals surface area (Å²) in [5.41, 5.74) is 2.99. The van der Waals surface area contributed by atoms with Gasteiger partial charge in [0.1, 0.15) is 5.75 Å². The molecule has 2 aromatic carbocycles. The Morgan fingerprint density at radius 2 is 1.21 bits per heavy atom. The minimum atomic E-state index is 0.529. The minimum Gasteiger partial charge on any atom is -0.494 e. The van der Waals surface area contributed by atoms with E-state index in [-0.39, 0.29) is 0 Å². The summed E-state index contributed by atoms with van der Waals surface area (Å²) in [6, 6.07) is 16.0. The fourth-order valence-electron chi connectivity index (χ4n) is 4.27. The van der Waals surface area contributed by atoms with Crippen molar-refractivity contribution in [3.63, 3.8) is 0 Å². The van der Waals surface area contributed by atoms with Crippen molar-refractivity contribution in [2.24, 2.45) is 0 Å². The molecule has 0 saturated carbocycles. The van der Waals surface area contributed by atoms with Gasteiger partial charge in [-0.25, -0.2) is 0 Å². The first kappa shape index (κ1) is 26.0. The van der Waals surface area contributed by atoms with Gasteiger partial charge in [-0.1, -0.05) is 102 Å². The molecule has 0 fully saturated rings. The van der Waals surface area contributed by atoms with Crippen LogP contribution in [0.3, 0.4) is 0 Å². The average molecular weight is 463 g/mol. The van der Waals surface area contributed by atoms with E-state index in [1.54, 1.807) is 0 Å². The van der Waals surface area contributed by atoms with E-state index in [1.165, 1.54) is 77.0 Å². The Morgan fingerprint density at radius 3 is 1.82 bits per heavy atom. The zero-order valence-corrected chi connectivity index (χ0v) is 21.2. The molecule has 3 aromatic rings. The molecule has 0 aliphatic rings. The summed E-state index contributed by atoms with van der Waals surface area (Å²) in [7, 11) is 0. The molecule has 0 unspecified atom stereocenters. The Kier molecular flexibility index (Phi) is 11.7. The highest BCUT2D eigenvalue weighted by Crippen LogP contribution is 2.27. The number of hydrogen-bond donors (Lipinski definition) is 0. The van der Waals surface area contributed by atoms with E-state index in [9.17, 15) is 0 Å². The molecule has 0 bridgehead atoms. The first-order chi connectivity index (χ1) is 16.8. The number of nitrogens with zero attached hydrogens (tertiary/aromatic N) is 2. The topological polar surface area (TPSA) is 48.2 Å². The molecule has 4 heteroatoms. The fourth-order valence-corrected chi connectivity index (χ4v) is 4.27. The number of ether oxygens (including phenoxy) is 1. The largest absolute Gasteiger partial charge is 0.494 e. The Labute approximate surface area is 206 Å². The van der Waals surface area contributed by atoms with Crippen molar-refractivity contribution in [2.75, 3.05) is 6.61 Å². The molecule has 1 aromatic heterocycles. The smallest absolute Gasteiger partial charge is 0.248 e. The standard InChI is InChI=1S/C30H42N2O2/c1-3-4-5-6-7-8-9-10-11-12-13-14-17-24-33-27-22-20-26(21-23-27)29-31-32-30(34-29)28-19-16-15-18-25(28)2/h15-16,18-23H,3-14,17,24H2,1-2H3. The summed E-state index contributed by atoms with van der Waals surface area (Å²) < 4.78 is 11.8. The molecule has 0 amide bonds. The molecule has 0 N–H and O–H groups in total. The summed E-state index contributed by atoms with van der Waals surface area (Å²) >= 11 is 0. The van der Waals surface area contributed by atoms with Crippen LogP contribution in [-0.4, -0.2) is 16.8 Å². The monoisotopic (exact) mass is 462 g/mol. The van der Waals surface area contributed by atoms with Crippen molar-refractivity contribution in [3.05, 3.63) is 54.1 Å². The lowest BCUT2D eigenvalue weighted by Gasteiger charge is -2.07. The third-order valence-corrected chi connectivity index (χ3v) is 6.42. The second-order valence-corrected chi connectivity index (χ2v) is 9.34. The molecule has 4 nitrogen and oxygen atoms in total. The maximum atomic E-state index is 5.92. The van der Waals surface area contributed by atoms with Crippen LogP contribution in [0, 0.1) is 6.92 Å². The summed E-state index contributed by atoms with van der Waals surface area (Å²) in [6.45, 7) is 5.10. The van der Waals surface area contributed by atoms with E-state index in [0.717, 1.165) is 35.5 Å². The van der Waals surface area contributed by atoms with E-state index in [0.29, 0.717) is 11.8 Å². The van der Waals surface area contributed by atoms with Crippen LogP contribution in [0.4, 0.5) is 0 Å². The third-order valence-electron chi connectivity index (χ3n) is 6.42. The van der Waals surface area contributed by atoms with Crippen LogP contribution in [0.5, 0.6) is 5.75 Å². The lowest BCUT2D eigenvalue weighted by atomic mass is 10.0. The molecule has 0 radical (unpaired) electrons. The minimum absolute atomic E-state index is 0.529. The summed E-state index contributed by atoms with van der Waals surface area (Å²) in [5.74, 6) is 1.97. The van der Waals surface area contributed by atoms with Crippen LogP contribution < -0.4 is 4.74 Å². The molecule has 3 rings (SSSR count). The van der Waals surface area contributed by atoms with E-state index in [1.807, 2.05) is 55.5 Å². The highest BCUT2D eigenvalue weighted by atomic mass is 16.5. The number of hydrogen-bond acceptors (Lipinski definition) is 4. The molecule has 0 spiro atoms. The van der Waals surface area contributed by atoms with Crippen LogP contribution in [0.2, 0.25) is 0 Å². The maximum absolute atomic E-state index is 5.92. The molecule has 0 aliphatic heterocycles. The highest BCUT2D eigenvalue weighted by molar-refractivity contribution is 5.61. The number of rotatable bonds is 17. The molecular formula is C30H42N2O2. The van der Waals surface area contributed by atoms with Crippen molar-refractivity contribution in [1.29, 1.82) is 0 Å². The SMILES string of the molecule is CCCCCCCCCCCCCCCOc1ccc(-c2nnc(-c3ccccc3C)o2)cc1. The molecular weight excluding hydrogens is 420 g/mol. The normalized spacial score (nSPS) is 11.1. The zero-order chi connectivity index (χ0) is 23.8. The Balaban J connectivity index is 1.25. The molecule has 0 atom stereocenters. The number of benzene rings is 2. The highest BCUT2D eigenvalue weighted by Gasteiger charge is 2.12. The number of aryl methyl sites for hydroxylation is 1. The molecule has 0 aliphatic carbocycles. The van der Waals surface area contributed by atoms with Crippen molar-refractivity contribution in [3.8, 4) is 28.7 Å². The third kappa shape index (κ3) is 8.96. The van der Waals surface area contributed by atoms with Crippen LogP contribution >= 0.6 is 0 Å². The van der Waals surface area contributed by atoms with E-state index < -0.39 is 0 Å². The van der Waals surface area contributed by atoms with Gasteiger partial charge in [0, 0.05) is 11.1 Å². The predicted octanol–water partition coefficient (Wildman–Crippen LogP) is 9.18. The van der Waals surface area contributed by atoms with E-state index >= 15 is 0 Å². The van der Waals surface area contributed by atoms with Crippen LogP contribution in [0.1, 0.15) is 96.0 Å². The number of aromatic nitrogens is 2. The van der Waals surface area contributed by atoms with Gasteiger partial charge in [-0.2, -0.15) is 0 Å². The second kappa shape index (κ2) is 15.3. The summed E-state index contributed by atoms with van der Waals surface area (Å²) in [6.07, 6.45) is 17.7. The van der Waals surface area contributed by atoms with Crippen molar-refractivity contribution in [2.45, 2.75) is 97.3 Å². The lowest BCUT2D eigenvalue weighted by Crippen LogP contribution is -1.97. The second-order valence-electron chi connectivity index (χ2n) is 9.34. The van der Waals surface area contributed by atoms with Gasteiger partial charge in [-0.05, 0) is 49.2 Å². The fraction of sp³-hybridized carbons (Fsp3) is 0.533. The number of unbranched alkanes of at least 4 members (excludes halogenated alkanes) is 12. The average Bonchev–Trinajstić information content (AvgIpc) is 3.35. The maximum Gasteiger partial charge on any atom is 0.248 e. The summed E-state index contributed by atoms with van der Waals surface area (Å²) in [4.78, 5) is 0. The lowest BCUT2D eigenvalue weighted by molar-refractivity contribution is 0.304. The van der Waals surface area contributed by atoms with E-state index in [2.05, 4.69) is 17.1 Å². The van der Waals surface area contributed by atoms with Gasteiger partial charge in [-0.15, -0.1) is 10.2 Å². The van der Waals surface area contributed by atoms with Gasteiger partial charge < -0.3 is 9.15 Å².